The van der Waals surface area contributed by atoms with Gasteiger partial charge in [-0.15, -0.1) is 0 Å². The van der Waals surface area contributed by atoms with Crippen LogP contribution in [0.2, 0.25) is 0 Å². The van der Waals surface area contributed by atoms with Crippen molar-refractivity contribution in [3.8, 4) is 0 Å². The van der Waals surface area contributed by atoms with E-state index in [0.717, 1.165) is 0 Å². The molecular formula is C12H20O5. The highest BCUT2D eigenvalue weighted by Gasteiger charge is 2.40. The molecule has 5 nitrogen and oxygen atoms in total. The number of ether oxygens (including phenoxy) is 1. The molecule has 5 heteroatoms. The van der Waals surface area contributed by atoms with Gasteiger partial charge >= 0.3 is 0 Å². The molecule has 0 aromatic heterocycles. The summed E-state index contributed by atoms with van der Waals surface area (Å²) in [4.78, 5) is 0. The zero-order chi connectivity index (χ0) is 12.8. The van der Waals surface area contributed by atoms with Crippen LogP contribution in [0.5, 0.6) is 0 Å². The Morgan fingerprint density at radius 2 is 1.65 bits per heavy atom. The number of aliphatic hydroxyl groups is 4. The molecule has 17 heavy (non-hydrogen) atoms. The lowest BCUT2D eigenvalue weighted by Crippen LogP contribution is -2.56. The van der Waals surface area contributed by atoms with Crippen molar-refractivity contribution in [1.82, 2.24) is 0 Å². The fourth-order valence-electron chi connectivity index (χ4n) is 1.76. The monoisotopic (exact) mass is 244 g/mol. The zero-order valence-corrected chi connectivity index (χ0v) is 9.81. The summed E-state index contributed by atoms with van der Waals surface area (Å²) in [7, 11) is 0. The fourth-order valence-corrected chi connectivity index (χ4v) is 1.76. The van der Waals surface area contributed by atoms with Gasteiger partial charge in [-0.25, -0.2) is 0 Å². The van der Waals surface area contributed by atoms with Crippen LogP contribution in [0.25, 0.3) is 0 Å². The molecule has 1 saturated heterocycles. The molecule has 0 aliphatic carbocycles. The highest BCUT2D eigenvalue weighted by Crippen LogP contribution is 2.23. The van der Waals surface area contributed by atoms with E-state index in [9.17, 15) is 15.3 Å². The maximum Gasteiger partial charge on any atom is 0.111 e. The predicted octanol–water partition coefficient (Wildman–Crippen LogP) is -0.649. The first-order chi connectivity index (χ1) is 8.07. The Hall–Kier alpha value is -0.720. The maximum atomic E-state index is 9.70. The van der Waals surface area contributed by atoms with Gasteiger partial charge in [-0.1, -0.05) is 24.3 Å². The second-order valence-electron chi connectivity index (χ2n) is 4.13. The molecule has 1 unspecified atom stereocenters. The molecule has 1 heterocycles. The van der Waals surface area contributed by atoms with Gasteiger partial charge in [-0.05, 0) is 13.3 Å². The number of allylic oxidation sites excluding steroid dienone is 2. The van der Waals surface area contributed by atoms with E-state index in [-0.39, 0.29) is 6.61 Å². The summed E-state index contributed by atoms with van der Waals surface area (Å²) in [5.74, 6) is 0. The van der Waals surface area contributed by atoms with Crippen LogP contribution in [-0.4, -0.2) is 57.6 Å². The molecule has 5 atom stereocenters. The van der Waals surface area contributed by atoms with Crippen molar-refractivity contribution >= 4 is 0 Å². The Kier molecular flexibility index (Phi) is 5.80. The van der Waals surface area contributed by atoms with E-state index in [1.54, 1.807) is 31.2 Å². The van der Waals surface area contributed by atoms with Gasteiger partial charge in [0, 0.05) is 0 Å². The first kappa shape index (κ1) is 14.3. The molecule has 1 fully saturated rings. The Balaban J connectivity index is 2.48. The highest BCUT2D eigenvalue weighted by molar-refractivity contribution is 5.04. The van der Waals surface area contributed by atoms with Crippen LogP contribution in [0.1, 0.15) is 13.3 Å². The summed E-state index contributed by atoms with van der Waals surface area (Å²) in [6, 6.07) is 0. The Morgan fingerprint density at radius 1 is 1.00 bits per heavy atom. The van der Waals surface area contributed by atoms with Crippen molar-refractivity contribution in [3.05, 3.63) is 24.3 Å². The largest absolute Gasteiger partial charge is 0.392 e. The van der Waals surface area contributed by atoms with E-state index in [2.05, 4.69) is 0 Å². The first-order valence-corrected chi connectivity index (χ1v) is 5.70. The second-order valence-corrected chi connectivity index (χ2v) is 4.13. The molecule has 0 spiro atoms. The molecule has 1 aliphatic rings. The molecule has 1 aliphatic heterocycles. The van der Waals surface area contributed by atoms with Gasteiger partial charge < -0.3 is 25.2 Å². The van der Waals surface area contributed by atoms with Crippen LogP contribution in [-0.2, 0) is 4.74 Å². The van der Waals surface area contributed by atoms with Gasteiger partial charge in [0.2, 0.25) is 0 Å². The fraction of sp³-hybridized carbons (Fsp3) is 0.667. The third-order valence-electron chi connectivity index (χ3n) is 2.81. The SMILES string of the molecule is C[C@@H]1OC(C/C=C/C=C/CO)[C@H](O)[C@H](O)[C@H]1O. The molecule has 0 amide bonds. The normalized spacial score (nSPS) is 39.2. The average Bonchev–Trinajstić information content (AvgIpc) is 2.32. The van der Waals surface area contributed by atoms with Crippen LogP contribution >= 0.6 is 0 Å². The van der Waals surface area contributed by atoms with Crippen LogP contribution in [0.15, 0.2) is 24.3 Å². The van der Waals surface area contributed by atoms with E-state index in [1.165, 1.54) is 0 Å². The van der Waals surface area contributed by atoms with E-state index in [4.69, 9.17) is 9.84 Å². The topological polar surface area (TPSA) is 90.2 Å². The van der Waals surface area contributed by atoms with E-state index >= 15 is 0 Å². The molecule has 4 N–H and O–H groups in total. The van der Waals surface area contributed by atoms with Crippen molar-refractivity contribution in [2.24, 2.45) is 0 Å². The summed E-state index contributed by atoms with van der Waals surface area (Å²) >= 11 is 0. The standard InChI is InChI=1S/C12H20O5/c1-8-10(14)12(16)11(15)9(17-8)6-4-2-3-5-7-13/h2-5,8-16H,6-7H2,1H3/b4-2+,5-3+/t8-,9?,10-,11-,12+/m0/s1. The quantitative estimate of drug-likeness (QED) is 0.493. The van der Waals surface area contributed by atoms with Crippen molar-refractivity contribution in [3.63, 3.8) is 0 Å². The zero-order valence-electron chi connectivity index (χ0n) is 9.81. The number of aliphatic hydroxyl groups excluding tert-OH is 4. The molecule has 0 aromatic rings. The van der Waals surface area contributed by atoms with Crippen LogP contribution in [0.4, 0.5) is 0 Å². The van der Waals surface area contributed by atoms with Gasteiger partial charge in [0.25, 0.3) is 0 Å². The highest BCUT2D eigenvalue weighted by atomic mass is 16.5. The molecule has 0 saturated carbocycles. The van der Waals surface area contributed by atoms with E-state index < -0.39 is 30.5 Å². The number of rotatable bonds is 4. The molecule has 0 bridgehead atoms. The van der Waals surface area contributed by atoms with Gasteiger partial charge in [0.1, 0.15) is 18.3 Å². The summed E-state index contributed by atoms with van der Waals surface area (Å²) in [6.45, 7) is 1.64. The van der Waals surface area contributed by atoms with Crippen molar-refractivity contribution in [2.75, 3.05) is 6.61 Å². The van der Waals surface area contributed by atoms with E-state index in [1.807, 2.05) is 0 Å². The molecule has 0 aromatic carbocycles. The summed E-state index contributed by atoms with van der Waals surface area (Å²) in [5.41, 5.74) is 0. The Labute approximate surface area is 101 Å². The molecular weight excluding hydrogens is 224 g/mol. The Bertz CT molecular complexity index is 276. The van der Waals surface area contributed by atoms with Crippen molar-refractivity contribution in [2.45, 2.75) is 43.9 Å². The number of hydrogen-bond acceptors (Lipinski definition) is 5. The third kappa shape index (κ3) is 3.90. The van der Waals surface area contributed by atoms with Gasteiger partial charge in [-0.3, -0.25) is 0 Å². The van der Waals surface area contributed by atoms with Crippen LogP contribution in [0, 0.1) is 0 Å². The third-order valence-corrected chi connectivity index (χ3v) is 2.81. The van der Waals surface area contributed by atoms with Crippen molar-refractivity contribution in [1.29, 1.82) is 0 Å². The lowest BCUT2D eigenvalue weighted by atomic mass is 9.94. The molecule has 1 rings (SSSR count). The lowest BCUT2D eigenvalue weighted by molar-refractivity contribution is -0.215. The van der Waals surface area contributed by atoms with E-state index in [0.29, 0.717) is 6.42 Å². The average molecular weight is 244 g/mol. The summed E-state index contributed by atoms with van der Waals surface area (Å²) < 4.78 is 5.40. The minimum absolute atomic E-state index is 0.0190. The predicted molar refractivity (Wildman–Crippen MR) is 62.3 cm³/mol. The first-order valence-electron chi connectivity index (χ1n) is 5.70. The minimum atomic E-state index is -1.18. The lowest BCUT2D eigenvalue weighted by Gasteiger charge is -2.39. The summed E-state index contributed by atoms with van der Waals surface area (Å²) in [5, 5.41) is 37.3. The molecule has 98 valence electrons. The minimum Gasteiger partial charge on any atom is -0.392 e. The second kappa shape index (κ2) is 6.88. The van der Waals surface area contributed by atoms with Crippen LogP contribution in [0.3, 0.4) is 0 Å². The molecule has 0 radical (unpaired) electrons. The smallest absolute Gasteiger partial charge is 0.111 e. The maximum absolute atomic E-state index is 9.70. The van der Waals surface area contributed by atoms with Crippen LogP contribution < -0.4 is 0 Å². The Morgan fingerprint density at radius 3 is 2.29 bits per heavy atom. The van der Waals surface area contributed by atoms with Crippen molar-refractivity contribution < 1.29 is 25.2 Å². The van der Waals surface area contributed by atoms with Gasteiger partial charge in [0.15, 0.2) is 0 Å². The number of hydrogen-bond donors (Lipinski definition) is 4. The van der Waals surface area contributed by atoms with Gasteiger partial charge in [-0.2, -0.15) is 0 Å². The van der Waals surface area contributed by atoms with Gasteiger partial charge in [0.05, 0.1) is 18.8 Å². The summed E-state index contributed by atoms with van der Waals surface area (Å²) in [6.07, 6.45) is 2.86.